The van der Waals surface area contributed by atoms with Crippen LogP contribution in [-0.2, 0) is 19.9 Å². The Balaban J connectivity index is 2.04. The van der Waals surface area contributed by atoms with E-state index in [-0.39, 0.29) is 10.8 Å². The Hall–Kier alpha value is -2.18. The Labute approximate surface area is 129 Å². The van der Waals surface area contributed by atoms with E-state index in [1.54, 1.807) is 17.5 Å². The van der Waals surface area contributed by atoms with Gasteiger partial charge in [0.15, 0.2) is 0 Å². The summed E-state index contributed by atoms with van der Waals surface area (Å²) in [4.78, 5) is 35.1. The highest BCUT2D eigenvalue weighted by atomic mass is 32.2. The number of nitrogens with zero attached hydrogens (tertiary/aromatic N) is 1. The molecule has 1 aliphatic rings. The van der Waals surface area contributed by atoms with Crippen LogP contribution in [0.1, 0.15) is 10.9 Å². The van der Waals surface area contributed by atoms with E-state index in [0.717, 1.165) is 0 Å². The predicted molar refractivity (Wildman–Crippen MR) is 75.0 cm³/mol. The summed E-state index contributed by atoms with van der Waals surface area (Å²) in [5.74, 6) is -1.67. The van der Waals surface area contributed by atoms with Crippen LogP contribution in [0.25, 0.3) is 0 Å². The largest absolute Gasteiger partial charge is 0.362 e. The maximum atomic E-state index is 12.1. The van der Waals surface area contributed by atoms with E-state index in [2.05, 4.69) is 10.6 Å². The lowest BCUT2D eigenvalue weighted by Gasteiger charge is -2.35. The van der Waals surface area contributed by atoms with Gasteiger partial charge in [0.25, 0.3) is 5.91 Å². The lowest BCUT2D eigenvalue weighted by molar-refractivity contribution is -0.141. The molecule has 0 aromatic carbocycles. The summed E-state index contributed by atoms with van der Waals surface area (Å²) in [5, 5.41) is 6.22. The third-order valence-electron chi connectivity index (χ3n) is 2.86. The number of hydrogen-bond donors (Lipinski definition) is 4. The molecular formula is C10H12N4O6S2. The van der Waals surface area contributed by atoms with E-state index in [1.807, 2.05) is 0 Å². The van der Waals surface area contributed by atoms with Gasteiger partial charge in [0, 0.05) is 4.88 Å². The van der Waals surface area contributed by atoms with Crippen LogP contribution in [0.3, 0.4) is 0 Å². The minimum absolute atomic E-state index is 0.222. The SMILES string of the molecule is NC(=O)NC(C(=O)N[C@H]1CN(S(=O)(=O)O)C1=O)c1cccs1. The fraction of sp³-hybridized carbons (Fsp3) is 0.300. The van der Waals surface area contributed by atoms with Gasteiger partial charge in [-0.05, 0) is 11.4 Å². The van der Waals surface area contributed by atoms with Crippen molar-refractivity contribution in [3.63, 3.8) is 0 Å². The number of thiophene rings is 1. The van der Waals surface area contributed by atoms with Gasteiger partial charge in [-0.3, -0.25) is 14.1 Å². The second-order valence-corrected chi connectivity index (χ2v) is 6.68. The first-order chi connectivity index (χ1) is 10.2. The van der Waals surface area contributed by atoms with E-state index in [9.17, 15) is 22.8 Å². The summed E-state index contributed by atoms with van der Waals surface area (Å²) in [6.07, 6.45) is 0. The zero-order chi connectivity index (χ0) is 16.5. The molecule has 1 aromatic rings. The summed E-state index contributed by atoms with van der Waals surface area (Å²) < 4.78 is 30.5. The molecule has 0 aliphatic carbocycles. The molecule has 0 bridgehead atoms. The summed E-state index contributed by atoms with van der Waals surface area (Å²) in [7, 11) is -4.62. The van der Waals surface area contributed by atoms with E-state index < -0.39 is 40.2 Å². The molecule has 120 valence electrons. The number of urea groups is 1. The van der Waals surface area contributed by atoms with E-state index in [1.165, 1.54) is 11.3 Å². The molecular weight excluding hydrogens is 336 g/mol. The van der Waals surface area contributed by atoms with Gasteiger partial charge < -0.3 is 16.4 Å². The van der Waals surface area contributed by atoms with Crippen molar-refractivity contribution in [2.75, 3.05) is 6.54 Å². The molecule has 2 atom stereocenters. The zero-order valence-corrected chi connectivity index (χ0v) is 12.6. The quantitative estimate of drug-likeness (QED) is 0.378. The molecule has 1 saturated heterocycles. The summed E-state index contributed by atoms with van der Waals surface area (Å²) in [6, 6.07) is 0.153. The molecule has 1 aliphatic heterocycles. The maximum Gasteiger partial charge on any atom is 0.362 e. The fourth-order valence-corrected chi connectivity index (χ4v) is 3.29. The van der Waals surface area contributed by atoms with Crippen LogP contribution < -0.4 is 16.4 Å². The third kappa shape index (κ3) is 3.35. The normalized spacial score (nSPS) is 19.2. The molecule has 0 saturated carbocycles. The molecule has 5 N–H and O–H groups in total. The highest BCUT2D eigenvalue weighted by Gasteiger charge is 2.45. The van der Waals surface area contributed by atoms with Gasteiger partial charge in [-0.2, -0.15) is 8.42 Å². The topological polar surface area (TPSA) is 159 Å². The smallest absolute Gasteiger partial charge is 0.352 e. The molecule has 10 nitrogen and oxygen atoms in total. The molecule has 12 heteroatoms. The average molecular weight is 348 g/mol. The lowest BCUT2D eigenvalue weighted by atomic mass is 10.1. The second kappa shape index (κ2) is 5.90. The van der Waals surface area contributed by atoms with Crippen molar-refractivity contribution in [1.82, 2.24) is 14.9 Å². The molecule has 2 rings (SSSR count). The molecule has 0 spiro atoms. The van der Waals surface area contributed by atoms with Gasteiger partial charge in [-0.15, -0.1) is 11.3 Å². The number of nitrogens with two attached hydrogens (primary N) is 1. The first-order valence-electron chi connectivity index (χ1n) is 5.89. The molecule has 2 heterocycles. The summed E-state index contributed by atoms with van der Waals surface area (Å²) in [5.41, 5.74) is 5.01. The average Bonchev–Trinajstić information content (AvgIpc) is 2.91. The Bertz CT molecular complexity index is 701. The van der Waals surface area contributed by atoms with Gasteiger partial charge in [-0.25, -0.2) is 9.10 Å². The van der Waals surface area contributed by atoms with Crippen LogP contribution in [0, 0.1) is 0 Å². The molecule has 1 unspecified atom stereocenters. The van der Waals surface area contributed by atoms with Crippen molar-refractivity contribution < 1.29 is 27.4 Å². The van der Waals surface area contributed by atoms with Crippen molar-refractivity contribution >= 4 is 39.5 Å². The lowest BCUT2D eigenvalue weighted by Crippen LogP contribution is -2.66. The maximum absolute atomic E-state index is 12.1. The van der Waals surface area contributed by atoms with Crippen LogP contribution >= 0.6 is 11.3 Å². The van der Waals surface area contributed by atoms with Gasteiger partial charge in [-0.1, -0.05) is 6.07 Å². The molecule has 22 heavy (non-hydrogen) atoms. The number of amides is 4. The number of primary amides is 1. The number of carbonyl (C=O) groups excluding carboxylic acids is 3. The minimum Gasteiger partial charge on any atom is -0.352 e. The Morgan fingerprint density at radius 1 is 1.50 bits per heavy atom. The van der Waals surface area contributed by atoms with E-state index >= 15 is 0 Å². The van der Waals surface area contributed by atoms with Crippen molar-refractivity contribution in [2.24, 2.45) is 5.73 Å². The van der Waals surface area contributed by atoms with Crippen molar-refractivity contribution in [3.8, 4) is 0 Å². The van der Waals surface area contributed by atoms with Crippen LogP contribution in [0.15, 0.2) is 17.5 Å². The van der Waals surface area contributed by atoms with E-state index in [0.29, 0.717) is 4.88 Å². The van der Waals surface area contributed by atoms with Gasteiger partial charge in [0.2, 0.25) is 5.91 Å². The summed E-state index contributed by atoms with van der Waals surface area (Å²) in [6.45, 7) is -0.378. The molecule has 1 fully saturated rings. The van der Waals surface area contributed by atoms with Crippen LogP contribution in [0.2, 0.25) is 0 Å². The Morgan fingerprint density at radius 2 is 2.18 bits per heavy atom. The Morgan fingerprint density at radius 3 is 2.64 bits per heavy atom. The number of hydrogen-bond acceptors (Lipinski definition) is 6. The van der Waals surface area contributed by atoms with E-state index in [4.69, 9.17) is 10.3 Å². The first kappa shape index (κ1) is 16.2. The number of carbonyl (C=O) groups is 3. The number of nitrogens with one attached hydrogen (secondary N) is 2. The highest BCUT2D eigenvalue weighted by Crippen LogP contribution is 2.21. The molecule has 0 radical (unpaired) electrons. The predicted octanol–water partition coefficient (Wildman–Crippen LogP) is -1.41. The monoisotopic (exact) mass is 348 g/mol. The standard InChI is InChI=1S/C10H12N4O6S2/c11-10(17)13-7(6-2-1-3-21-6)8(15)12-5-4-14(9(5)16)22(18,19)20/h1-3,5,7H,4H2,(H,12,15)(H3,11,13,17)(H,18,19,20)/t5-,7?/m0/s1. The summed E-state index contributed by atoms with van der Waals surface area (Å²) >= 11 is 1.20. The fourth-order valence-electron chi connectivity index (χ4n) is 1.83. The first-order valence-corrected chi connectivity index (χ1v) is 8.16. The Kier molecular flexibility index (Phi) is 4.35. The number of rotatable bonds is 5. The molecule has 4 amide bonds. The zero-order valence-electron chi connectivity index (χ0n) is 10.9. The molecule has 1 aromatic heterocycles. The van der Waals surface area contributed by atoms with Gasteiger partial charge >= 0.3 is 16.3 Å². The highest BCUT2D eigenvalue weighted by molar-refractivity contribution is 7.84. The van der Waals surface area contributed by atoms with Gasteiger partial charge in [0.1, 0.15) is 12.1 Å². The van der Waals surface area contributed by atoms with Crippen molar-refractivity contribution in [3.05, 3.63) is 22.4 Å². The van der Waals surface area contributed by atoms with Gasteiger partial charge in [0.05, 0.1) is 6.54 Å². The van der Waals surface area contributed by atoms with Crippen molar-refractivity contribution in [2.45, 2.75) is 12.1 Å². The van der Waals surface area contributed by atoms with Crippen molar-refractivity contribution in [1.29, 1.82) is 0 Å². The van der Waals surface area contributed by atoms with Crippen LogP contribution in [0.5, 0.6) is 0 Å². The number of β-lactam (4-membered cyclic amide) rings is 1. The minimum atomic E-state index is -4.62. The second-order valence-electron chi connectivity index (χ2n) is 4.37. The third-order valence-corrected chi connectivity index (χ3v) is 4.69. The van der Waals surface area contributed by atoms with Crippen LogP contribution in [-0.4, -0.2) is 47.7 Å². The van der Waals surface area contributed by atoms with Crippen LogP contribution in [0.4, 0.5) is 4.79 Å².